The molecule has 2 aromatic rings. The van der Waals surface area contributed by atoms with Crippen LogP contribution in [0.1, 0.15) is 19.3 Å². The van der Waals surface area contributed by atoms with Crippen LogP contribution in [0.3, 0.4) is 0 Å². The van der Waals surface area contributed by atoms with Crippen molar-refractivity contribution in [2.45, 2.75) is 19.3 Å². The van der Waals surface area contributed by atoms with Crippen LogP contribution in [-0.4, -0.2) is 24.7 Å². The van der Waals surface area contributed by atoms with Gasteiger partial charge in [-0.3, -0.25) is 4.98 Å². The SMILES string of the molecule is Nc1ccc2c(NCCCOCC3CC3)ccnc2c1. The maximum absolute atomic E-state index is 5.78. The fourth-order valence-electron chi connectivity index (χ4n) is 2.25. The number of hydrogen-bond acceptors (Lipinski definition) is 4. The lowest BCUT2D eigenvalue weighted by molar-refractivity contribution is 0.124. The van der Waals surface area contributed by atoms with E-state index in [-0.39, 0.29) is 0 Å². The Kier molecular flexibility index (Phi) is 4.02. The third-order valence-electron chi connectivity index (χ3n) is 3.60. The minimum Gasteiger partial charge on any atom is -0.399 e. The number of hydrogen-bond donors (Lipinski definition) is 2. The lowest BCUT2D eigenvalue weighted by Crippen LogP contribution is -2.07. The molecule has 106 valence electrons. The summed E-state index contributed by atoms with van der Waals surface area (Å²) in [5, 5.41) is 4.56. The van der Waals surface area contributed by atoms with Gasteiger partial charge in [-0.05, 0) is 49.4 Å². The normalized spacial score (nSPS) is 14.6. The maximum atomic E-state index is 5.78. The van der Waals surface area contributed by atoms with Crippen molar-refractivity contribution in [3.63, 3.8) is 0 Å². The molecule has 3 N–H and O–H groups in total. The monoisotopic (exact) mass is 271 g/mol. The van der Waals surface area contributed by atoms with Crippen LogP contribution in [0.4, 0.5) is 11.4 Å². The molecule has 0 bridgehead atoms. The topological polar surface area (TPSA) is 60.2 Å². The quantitative estimate of drug-likeness (QED) is 0.600. The Bertz CT molecular complexity index is 581. The number of aromatic nitrogens is 1. The molecule has 0 aliphatic heterocycles. The summed E-state index contributed by atoms with van der Waals surface area (Å²) < 4.78 is 5.63. The van der Waals surface area contributed by atoms with E-state index in [0.717, 1.165) is 54.4 Å². The van der Waals surface area contributed by atoms with E-state index in [4.69, 9.17) is 10.5 Å². The molecule has 0 radical (unpaired) electrons. The fourth-order valence-corrected chi connectivity index (χ4v) is 2.25. The van der Waals surface area contributed by atoms with Gasteiger partial charge in [-0.15, -0.1) is 0 Å². The minimum atomic E-state index is 0.746. The molecule has 4 heteroatoms. The first-order chi connectivity index (χ1) is 9.83. The van der Waals surface area contributed by atoms with Gasteiger partial charge < -0.3 is 15.8 Å². The van der Waals surface area contributed by atoms with Gasteiger partial charge in [0.1, 0.15) is 0 Å². The van der Waals surface area contributed by atoms with Crippen LogP contribution >= 0.6 is 0 Å². The van der Waals surface area contributed by atoms with Crippen molar-refractivity contribution < 1.29 is 4.74 Å². The van der Waals surface area contributed by atoms with Crippen LogP contribution in [0, 0.1) is 5.92 Å². The highest BCUT2D eigenvalue weighted by molar-refractivity contribution is 5.92. The van der Waals surface area contributed by atoms with Crippen LogP contribution in [-0.2, 0) is 4.74 Å². The second-order valence-electron chi connectivity index (χ2n) is 5.43. The zero-order valence-electron chi connectivity index (χ0n) is 11.6. The lowest BCUT2D eigenvalue weighted by Gasteiger charge is -2.10. The second-order valence-corrected chi connectivity index (χ2v) is 5.43. The first-order valence-electron chi connectivity index (χ1n) is 7.29. The first-order valence-corrected chi connectivity index (χ1v) is 7.29. The summed E-state index contributed by atoms with van der Waals surface area (Å²) >= 11 is 0. The van der Waals surface area contributed by atoms with E-state index in [9.17, 15) is 0 Å². The highest BCUT2D eigenvalue weighted by atomic mass is 16.5. The van der Waals surface area contributed by atoms with Gasteiger partial charge in [0.15, 0.2) is 0 Å². The summed E-state index contributed by atoms with van der Waals surface area (Å²) in [6.07, 6.45) is 5.54. The molecule has 4 nitrogen and oxygen atoms in total. The van der Waals surface area contributed by atoms with E-state index in [1.165, 1.54) is 12.8 Å². The molecule has 1 aliphatic rings. The molecule has 1 aromatic heterocycles. The van der Waals surface area contributed by atoms with Crippen LogP contribution < -0.4 is 11.1 Å². The largest absolute Gasteiger partial charge is 0.399 e. The van der Waals surface area contributed by atoms with Crippen LogP contribution in [0.25, 0.3) is 10.9 Å². The molecule has 20 heavy (non-hydrogen) atoms. The van der Waals surface area contributed by atoms with Gasteiger partial charge in [0, 0.05) is 42.7 Å². The Labute approximate surface area is 119 Å². The van der Waals surface area contributed by atoms with Crippen LogP contribution in [0.2, 0.25) is 0 Å². The van der Waals surface area contributed by atoms with Gasteiger partial charge in [0.25, 0.3) is 0 Å². The molecule has 1 aromatic carbocycles. The van der Waals surface area contributed by atoms with Crippen molar-refractivity contribution in [3.8, 4) is 0 Å². The number of nitrogens with two attached hydrogens (primary N) is 1. The van der Waals surface area contributed by atoms with E-state index < -0.39 is 0 Å². The molecule has 0 saturated heterocycles. The molecule has 1 aliphatic carbocycles. The summed E-state index contributed by atoms with van der Waals surface area (Å²) in [7, 11) is 0. The van der Waals surface area contributed by atoms with Crippen molar-refractivity contribution in [3.05, 3.63) is 30.5 Å². The number of pyridine rings is 1. The summed E-state index contributed by atoms with van der Waals surface area (Å²) in [6, 6.07) is 7.83. The summed E-state index contributed by atoms with van der Waals surface area (Å²) in [5.74, 6) is 0.845. The molecule has 1 heterocycles. The molecule has 3 rings (SSSR count). The second kappa shape index (κ2) is 6.09. The zero-order chi connectivity index (χ0) is 13.8. The van der Waals surface area contributed by atoms with Crippen molar-refractivity contribution >= 4 is 22.3 Å². The van der Waals surface area contributed by atoms with Crippen molar-refractivity contribution in [1.29, 1.82) is 0 Å². The van der Waals surface area contributed by atoms with Crippen molar-refractivity contribution in [2.75, 3.05) is 30.8 Å². The fraction of sp³-hybridized carbons (Fsp3) is 0.438. The average Bonchev–Trinajstić information content (AvgIpc) is 3.26. The van der Waals surface area contributed by atoms with E-state index in [1.54, 1.807) is 0 Å². The van der Waals surface area contributed by atoms with Crippen molar-refractivity contribution in [2.24, 2.45) is 5.92 Å². The summed E-state index contributed by atoms with van der Waals surface area (Å²) in [6.45, 7) is 2.69. The Morgan fingerprint density at radius 1 is 1.30 bits per heavy atom. The lowest BCUT2D eigenvalue weighted by atomic mass is 10.1. The van der Waals surface area contributed by atoms with Gasteiger partial charge in [-0.2, -0.15) is 0 Å². The molecule has 0 spiro atoms. The van der Waals surface area contributed by atoms with Gasteiger partial charge in [-0.25, -0.2) is 0 Å². The smallest absolute Gasteiger partial charge is 0.0743 e. The average molecular weight is 271 g/mol. The standard InChI is InChI=1S/C16H21N3O/c17-13-4-5-14-15(6-8-19-16(14)10-13)18-7-1-9-20-11-12-2-3-12/h4-6,8,10,12H,1-3,7,9,11,17H2,(H,18,19). The molecule has 1 saturated carbocycles. The molecule has 0 unspecified atom stereocenters. The molecule has 0 amide bonds. The minimum absolute atomic E-state index is 0.746. The van der Waals surface area contributed by atoms with Gasteiger partial charge in [0.05, 0.1) is 5.52 Å². The third-order valence-corrected chi connectivity index (χ3v) is 3.60. The zero-order valence-corrected chi connectivity index (χ0v) is 11.6. The van der Waals surface area contributed by atoms with E-state index in [0.29, 0.717) is 0 Å². The van der Waals surface area contributed by atoms with Crippen LogP contribution in [0.5, 0.6) is 0 Å². The number of nitrogens with zero attached hydrogens (tertiary/aromatic N) is 1. The van der Waals surface area contributed by atoms with Gasteiger partial charge >= 0.3 is 0 Å². The Morgan fingerprint density at radius 3 is 3.05 bits per heavy atom. The summed E-state index contributed by atoms with van der Waals surface area (Å²) in [4.78, 5) is 4.34. The number of anilines is 2. The van der Waals surface area contributed by atoms with E-state index in [2.05, 4.69) is 10.3 Å². The van der Waals surface area contributed by atoms with Crippen LogP contribution in [0.15, 0.2) is 30.5 Å². The molecule has 1 fully saturated rings. The highest BCUT2D eigenvalue weighted by Crippen LogP contribution is 2.28. The number of benzene rings is 1. The van der Waals surface area contributed by atoms with Crippen molar-refractivity contribution in [1.82, 2.24) is 4.98 Å². The van der Waals surface area contributed by atoms with E-state index in [1.807, 2.05) is 30.5 Å². The van der Waals surface area contributed by atoms with Gasteiger partial charge in [0.2, 0.25) is 0 Å². The predicted molar refractivity (Wildman–Crippen MR) is 82.8 cm³/mol. The number of fused-ring (bicyclic) bond motifs is 1. The summed E-state index contributed by atoms with van der Waals surface area (Å²) in [5.41, 5.74) is 8.57. The van der Waals surface area contributed by atoms with E-state index >= 15 is 0 Å². The predicted octanol–water partition coefficient (Wildman–Crippen LogP) is 3.05. The number of rotatable bonds is 7. The Balaban J connectivity index is 1.51. The Hall–Kier alpha value is -1.81. The number of nitrogen functional groups attached to an aromatic ring is 1. The number of nitrogens with one attached hydrogen (secondary N) is 1. The molecular formula is C16H21N3O. The molecular weight excluding hydrogens is 250 g/mol. The molecule has 0 atom stereocenters. The maximum Gasteiger partial charge on any atom is 0.0743 e. The highest BCUT2D eigenvalue weighted by Gasteiger charge is 2.20. The first kappa shape index (κ1) is 13.2. The third kappa shape index (κ3) is 3.39. The van der Waals surface area contributed by atoms with Gasteiger partial charge in [-0.1, -0.05) is 0 Å². The number of ether oxygens (including phenoxy) is 1. The Morgan fingerprint density at radius 2 is 2.20 bits per heavy atom.